The fourth-order valence-electron chi connectivity index (χ4n) is 2.68. The Morgan fingerprint density at radius 3 is 2.56 bits per heavy atom. The highest BCUT2D eigenvalue weighted by Gasteiger charge is 2.21. The van der Waals surface area contributed by atoms with Crippen LogP contribution in [0.25, 0.3) is 11.1 Å². The molecule has 0 fully saturated rings. The number of hydrogen-bond acceptors (Lipinski definition) is 4. The van der Waals surface area contributed by atoms with Crippen molar-refractivity contribution in [2.24, 2.45) is 0 Å². The molecule has 1 aromatic heterocycles. The van der Waals surface area contributed by atoms with Gasteiger partial charge in [0.1, 0.15) is 10.6 Å². The molecule has 0 radical (unpaired) electrons. The van der Waals surface area contributed by atoms with Crippen molar-refractivity contribution in [1.29, 1.82) is 0 Å². The van der Waals surface area contributed by atoms with E-state index in [0.717, 1.165) is 21.7 Å². The number of halogens is 2. The molecule has 27 heavy (non-hydrogen) atoms. The van der Waals surface area contributed by atoms with Crippen LogP contribution >= 0.6 is 34.5 Å². The smallest absolute Gasteiger partial charge is 0.341 e. The Morgan fingerprint density at radius 2 is 1.89 bits per heavy atom. The molecule has 1 heterocycles. The fourth-order valence-corrected chi connectivity index (χ4v) is 4.11. The van der Waals surface area contributed by atoms with Gasteiger partial charge in [0.2, 0.25) is 0 Å². The SMILES string of the molecule is CCOC(=O)c1c(-c2ccc(C)cc2)csc1NCc1ccc(Cl)cc1Cl. The first-order valence-electron chi connectivity index (χ1n) is 8.53. The van der Waals surface area contributed by atoms with Gasteiger partial charge in [-0.3, -0.25) is 0 Å². The number of hydrogen-bond donors (Lipinski definition) is 1. The normalized spacial score (nSPS) is 10.7. The monoisotopic (exact) mass is 419 g/mol. The zero-order chi connectivity index (χ0) is 19.4. The van der Waals surface area contributed by atoms with Crippen molar-refractivity contribution < 1.29 is 9.53 Å². The molecule has 0 bridgehead atoms. The second kappa shape index (κ2) is 8.79. The summed E-state index contributed by atoms with van der Waals surface area (Å²) in [7, 11) is 0. The van der Waals surface area contributed by atoms with E-state index in [9.17, 15) is 4.79 Å². The van der Waals surface area contributed by atoms with Gasteiger partial charge in [0, 0.05) is 27.5 Å². The number of rotatable bonds is 6. The van der Waals surface area contributed by atoms with Gasteiger partial charge >= 0.3 is 5.97 Å². The van der Waals surface area contributed by atoms with E-state index in [0.29, 0.717) is 28.8 Å². The second-order valence-corrected chi connectivity index (χ2v) is 7.75. The summed E-state index contributed by atoms with van der Waals surface area (Å²) in [5.74, 6) is -0.334. The molecule has 0 saturated carbocycles. The lowest BCUT2D eigenvalue weighted by Gasteiger charge is -2.11. The van der Waals surface area contributed by atoms with Crippen LogP contribution in [0.15, 0.2) is 47.8 Å². The van der Waals surface area contributed by atoms with E-state index in [2.05, 4.69) is 5.32 Å². The summed E-state index contributed by atoms with van der Waals surface area (Å²) in [6.07, 6.45) is 0. The number of esters is 1. The lowest BCUT2D eigenvalue weighted by molar-refractivity contribution is 0.0529. The third-order valence-electron chi connectivity index (χ3n) is 4.09. The molecule has 0 spiro atoms. The number of nitrogens with one attached hydrogen (secondary N) is 1. The number of aryl methyl sites for hydroxylation is 1. The van der Waals surface area contributed by atoms with Crippen molar-refractivity contribution in [3.8, 4) is 11.1 Å². The van der Waals surface area contributed by atoms with Crippen LogP contribution < -0.4 is 5.32 Å². The summed E-state index contributed by atoms with van der Waals surface area (Å²) >= 11 is 13.7. The van der Waals surface area contributed by atoms with Crippen LogP contribution in [0.4, 0.5) is 5.00 Å². The van der Waals surface area contributed by atoms with Crippen LogP contribution in [0.5, 0.6) is 0 Å². The third kappa shape index (κ3) is 4.64. The van der Waals surface area contributed by atoms with Crippen molar-refractivity contribution in [3.63, 3.8) is 0 Å². The van der Waals surface area contributed by atoms with Gasteiger partial charge < -0.3 is 10.1 Å². The van der Waals surface area contributed by atoms with E-state index in [1.807, 2.05) is 42.6 Å². The first-order chi connectivity index (χ1) is 13.0. The van der Waals surface area contributed by atoms with Gasteiger partial charge in [0.05, 0.1) is 6.61 Å². The minimum absolute atomic E-state index is 0.324. The molecule has 1 N–H and O–H groups in total. The highest BCUT2D eigenvalue weighted by Crippen LogP contribution is 2.37. The average molecular weight is 420 g/mol. The molecule has 0 aliphatic carbocycles. The minimum atomic E-state index is -0.334. The molecule has 3 nitrogen and oxygen atoms in total. The van der Waals surface area contributed by atoms with E-state index < -0.39 is 0 Å². The Balaban J connectivity index is 1.92. The maximum atomic E-state index is 12.6. The molecule has 3 aromatic rings. The van der Waals surface area contributed by atoms with E-state index >= 15 is 0 Å². The molecular weight excluding hydrogens is 401 g/mol. The van der Waals surface area contributed by atoms with E-state index in [4.69, 9.17) is 27.9 Å². The number of anilines is 1. The zero-order valence-corrected chi connectivity index (χ0v) is 17.3. The van der Waals surface area contributed by atoms with Crippen LogP contribution in [0, 0.1) is 6.92 Å². The van der Waals surface area contributed by atoms with Gasteiger partial charge in [0.15, 0.2) is 0 Å². The molecule has 0 unspecified atom stereocenters. The topological polar surface area (TPSA) is 38.3 Å². The van der Waals surface area contributed by atoms with Crippen molar-refractivity contribution in [1.82, 2.24) is 0 Å². The lowest BCUT2D eigenvalue weighted by Crippen LogP contribution is -2.09. The van der Waals surface area contributed by atoms with E-state index in [1.54, 1.807) is 19.1 Å². The van der Waals surface area contributed by atoms with Crippen LogP contribution in [0.3, 0.4) is 0 Å². The van der Waals surface area contributed by atoms with Crippen LogP contribution in [0.1, 0.15) is 28.4 Å². The summed E-state index contributed by atoms with van der Waals surface area (Å²) in [5, 5.41) is 7.23. The van der Waals surface area contributed by atoms with Crippen molar-refractivity contribution in [2.75, 3.05) is 11.9 Å². The lowest BCUT2D eigenvalue weighted by atomic mass is 10.0. The van der Waals surface area contributed by atoms with Gasteiger partial charge in [-0.1, -0.05) is 59.1 Å². The molecule has 0 amide bonds. The van der Waals surface area contributed by atoms with Crippen molar-refractivity contribution in [3.05, 3.63) is 74.6 Å². The van der Waals surface area contributed by atoms with Gasteiger partial charge in [0.25, 0.3) is 0 Å². The molecule has 6 heteroatoms. The third-order valence-corrected chi connectivity index (χ3v) is 5.61. The average Bonchev–Trinajstić information content (AvgIpc) is 3.06. The summed E-state index contributed by atoms with van der Waals surface area (Å²) in [4.78, 5) is 12.6. The number of ether oxygens (including phenoxy) is 1. The first kappa shape index (κ1) is 19.7. The van der Waals surface area contributed by atoms with Crippen LogP contribution in [-0.4, -0.2) is 12.6 Å². The molecule has 0 aliphatic rings. The van der Waals surface area contributed by atoms with Gasteiger partial charge in [-0.05, 0) is 37.1 Å². The number of carbonyl (C=O) groups excluding carboxylic acids is 1. The number of carbonyl (C=O) groups is 1. The Morgan fingerprint density at radius 1 is 1.15 bits per heavy atom. The largest absolute Gasteiger partial charge is 0.462 e. The fraction of sp³-hybridized carbons (Fsp3) is 0.190. The quantitative estimate of drug-likeness (QED) is 0.445. The molecule has 0 aliphatic heterocycles. The zero-order valence-electron chi connectivity index (χ0n) is 15.0. The molecule has 140 valence electrons. The highest BCUT2D eigenvalue weighted by molar-refractivity contribution is 7.15. The van der Waals surface area contributed by atoms with Crippen LogP contribution in [-0.2, 0) is 11.3 Å². The van der Waals surface area contributed by atoms with Gasteiger partial charge in [-0.2, -0.15) is 0 Å². The predicted octanol–water partition coefficient (Wildman–Crippen LogP) is 6.82. The van der Waals surface area contributed by atoms with Gasteiger partial charge in [-0.25, -0.2) is 4.79 Å². The molecule has 3 rings (SSSR count). The number of benzene rings is 2. The predicted molar refractivity (Wildman–Crippen MR) is 114 cm³/mol. The van der Waals surface area contributed by atoms with E-state index in [1.165, 1.54) is 16.9 Å². The highest BCUT2D eigenvalue weighted by atomic mass is 35.5. The standard InChI is InChI=1S/C21H19Cl2NO2S/c1-3-26-21(25)19-17(14-6-4-13(2)5-7-14)12-27-20(19)24-11-15-8-9-16(22)10-18(15)23/h4-10,12,24H,3,11H2,1-2H3. The minimum Gasteiger partial charge on any atom is -0.462 e. The van der Waals surface area contributed by atoms with Gasteiger partial charge in [-0.15, -0.1) is 11.3 Å². The van der Waals surface area contributed by atoms with Crippen LogP contribution in [0.2, 0.25) is 10.0 Å². The maximum absolute atomic E-state index is 12.6. The number of thiophene rings is 1. The summed E-state index contributed by atoms with van der Waals surface area (Å²) < 4.78 is 5.29. The Hall–Kier alpha value is -2.01. The van der Waals surface area contributed by atoms with Crippen molar-refractivity contribution in [2.45, 2.75) is 20.4 Å². The first-order valence-corrected chi connectivity index (χ1v) is 10.2. The van der Waals surface area contributed by atoms with E-state index in [-0.39, 0.29) is 5.97 Å². The molecule has 0 atom stereocenters. The Kier molecular flexibility index (Phi) is 6.42. The maximum Gasteiger partial charge on any atom is 0.341 e. The second-order valence-electron chi connectivity index (χ2n) is 6.03. The summed E-state index contributed by atoms with van der Waals surface area (Å²) in [6.45, 7) is 4.64. The molecule has 0 saturated heterocycles. The summed E-state index contributed by atoms with van der Waals surface area (Å²) in [6, 6.07) is 13.5. The Labute approximate surface area is 172 Å². The molecule has 2 aromatic carbocycles. The summed E-state index contributed by atoms with van der Waals surface area (Å²) in [5.41, 5.74) is 4.47. The van der Waals surface area contributed by atoms with Crippen molar-refractivity contribution >= 4 is 45.5 Å². The Bertz CT molecular complexity index is 951. The molecular formula is C21H19Cl2NO2S.